The minimum absolute atomic E-state index is 0.211. The van der Waals surface area contributed by atoms with Crippen molar-refractivity contribution >= 4 is 17.5 Å². The Morgan fingerprint density at radius 3 is 2.50 bits per heavy atom. The molecule has 0 aliphatic heterocycles. The summed E-state index contributed by atoms with van der Waals surface area (Å²) in [6, 6.07) is 0. The molecule has 0 unspecified atom stereocenters. The molecule has 112 valence electrons. The molecule has 0 aliphatic rings. The maximum absolute atomic E-state index is 13.6. The first-order valence-corrected chi connectivity index (χ1v) is 5.41. The highest BCUT2D eigenvalue weighted by molar-refractivity contribution is 6.30. The third-order valence-electron chi connectivity index (χ3n) is 2.33. The van der Waals surface area contributed by atoms with Crippen LogP contribution in [0.4, 0.5) is 8.78 Å². The second kappa shape index (κ2) is 5.79. The third-order valence-corrected chi connectivity index (χ3v) is 2.59. The van der Waals surface area contributed by atoms with Gasteiger partial charge in [0, 0.05) is 6.20 Å². The number of aromatic nitrogens is 2. The van der Waals surface area contributed by atoms with Gasteiger partial charge in [0.25, 0.3) is 5.56 Å². The molecule has 0 bridgehead atoms. The van der Waals surface area contributed by atoms with Crippen molar-refractivity contribution in [3.05, 3.63) is 32.1 Å². The molecule has 2 atom stereocenters. The van der Waals surface area contributed by atoms with E-state index < -0.39 is 46.9 Å². The molecule has 20 heavy (non-hydrogen) atoms. The van der Waals surface area contributed by atoms with E-state index >= 15 is 0 Å². The zero-order valence-electron chi connectivity index (χ0n) is 9.59. The maximum Gasteiger partial charge on any atom is 0.353 e. The van der Waals surface area contributed by atoms with Gasteiger partial charge >= 0.3 is 17.5 Å². The Balaban J connectivity index is 3.27. The number of aliphatic hydroxyl groups is 3. The lowest BCUT2D eigenvalue weighted by Crippen LogP contribution is -2.53. The van der Waals surface area contributed by atoms with Crippen LogP contribution < -0.4 is 11.2 Å². The number of nitrogens with one attached hydrogen (secondary N) is 1. The molecule has 4 N–H and O–H groups in total. The quantitative estimate of drug-likeness (QED) is 0.517. The fourth-order valence-corrected chi connectivity index (χ4v) is 1.37. The van der Waals surface area contributed by atoms with Crippen LogP contribution in [0.3, 0.4) is 0 Å². The number of hydrogen-bond acceptors (Lipinski definition) is 6. The van der Waals surface area contributed by atoms with E-state index in [0.29, 0.717) is 6.20 Å². The van der Waals surface area contributed by atoms with Crippen molar-refractivity contribution in [2.45, 2.75) is 18.1 Å². The lowest BCUT2D eigenvalue weighted by Gasteiger charge is -2.24. The second-order valence-electron chi connectivity index (χ2n) is 3.73. The smallest absolute Gasteiger partial charge is 0.353 e. The van der Waals surface area contributed by atoms with Gasteiger partial charge in [-0.05, 0) is 0 Å². The number of aromatic amines is 1. The molecule has 1 heterocycles. The van der Waals surface area contributed by atoms with Crippen molar-refractivity contribution in [1.82, 2.24) is 9.55 Å². The number of hydrogen-bond donors (Lipinski definition) is 4. The van der Waals surface area contributed by atoms with Gasteiger partial charge in [0.2, 0.25) is 0 Å². The summed E-state index contributed by atoms with van der Waals surface area (Å²) in [5, 5.41) is 25.8. The van der Waals surface area contributed by atoms with E-state index in [-0.39, 0.29) is 4.57 Å². The Morgan fingerprint density at radius 2 is 2.00 bits per heavy atom. The first kappa shape index (κ1) is 16.4. The van der Waals surface area contributed by atoms with E-state index in [1.54, 1.807) is 0 Å². The average molecular weight is 315 g/mol. The standard InChI is InChI=1S/C9H9ClF2N2O6/c10-3-1-14(8(20)13-6(3)18)7(19)9(11,12)5(17)4(16)2-15/h1,4-5,15-17H,2H2,(H,13,18,20)/t4-,5+/m0/s1. The minimum atomic E-state index is -4.59. The van der Waals surface area contributed by atoms with Crippen LogP contribution in [0.2, 0.25) is 5.02 Å². The van der Waals surface area contributed by atoms with Gasteiger partial charge in [-0.25, -0.2) is 9.36 Å². The molecule has 0 radical (unpaired) electrons. The van der Waals surface area contributed by atoms with Crippen LogP contribution in [-0.4, -0.2) is 55.5 Å². The minimum Gasteiger partial charge on any atom is -0.394 e. The summed E-state index contributed by atoms with van der Waals surface area (Å²) < 4.78 is 27.0. The van der Waals surface area contributed by atoms with Crippen LogP contribution in [0.1, 0.15) is 4.79 Å². The van der Waals surface area contributed by atoms with Crippen molar-refractivity contribution in [2.24, 2.45) is 0 Å². The number of aliphatic hydroxyl groups excluding tert-OH is 3. The third kappa shape index (κ3) is 2.93. The summed E-state index contributed by atoms with van der Waals surface area (Å²) in [5.41, 5.74) is -2.57. The lowest BCUT2D eigenvalue weighted by atomic mass is 10.1. The SMILES string of the molecule is O=C(n1cc(Cl)c(=O)[nH]c1=O)C(F)(F)[C@H](O)[C@@H](O)CO. The molecule has 0 spiro atoms. The fourth-order valence-electron chi connectivity index (χ4n) is 1.23. The Labute approximate surface area is 113 Å². The number of H-pyrrole nitrogens is 1. The second-order valence-corrected chi connectivity index (χ2v) is 4.14. The summed E-state index contributed by atoms with van der Waals surface area (Å²) in [4.78, 5) is 35.2. The molecule has 1 aromatic rings. The van der Waals surface area contributed by atoms with E-state index in [1.165, 1.54) is 4.98 Å². The molecule has 8 nitrogen and oxygen atoms in total. The number of rotatable bonds is 4. The van der Waals surface area contributed by atoms with Gasteiger partial charge in [-0.1, -0.05) is 11.6 Å². The Hall–Kier alpha value is -1.62. The average Bonchev–Trinajstić information content (AvgIpc) is 2.40. The molecular weight excluding hydrogens is 306 g/mol. The monoisotopic (exact) mass is 314 g/mol. The molecule has 11 heteroatoms. The predicted octanol–water partition coefficient (Wildman–Crippen LogP) is -1.82. The van der Waals surface area contributed by atoms with Crippen LogP contribution in [0.25, 0.3) is 0 Å². The molecule has 0 fully saturated rings. The van der Waals surface area contributed by atoms with E-state index in [1.807, 2.05) is 0 Å². The highest BCUT2D eigenvalue weighted by atomic mass is 35.5. The van der Waals surface area contributed by atoms with Gasteiger partial charge < -0.3 is 15.3 Å². The predicted molar refractivity (Wildman–Crippen MR) is 61.0 cm³/mol. The molecule has 0 aliphatic carbocycles. The van der Waals surface area contributed by atoms with E-state index in [4.69, 9.17) is 26.9 Å². The summed E-state index contributed by atoms with van der Waals surface area (Å²) >= 11 is 5.30. The molecular formula is C9H9ClF2N2O6. The number of alkyl halides is 2. The van der Waals surface area contributed by atoms with E-state index in [2.05, 4.69) is 0 Å². The fraction of sp³-hybridized carbons (Fsp3) is 0.444. The molecule has 1 aromatic heterocycles. The number of nitrogens with zero attached hydrogens (tertiary/aromatic N) is 1. The summed E-state index contributed by atoms with van der Waals surface area (Å²) in [5.74, 6) is -6.81. The van der Waals surface area contributed by atoms with Gasteiger partial charge in [-0.15, -0.1) is 0 Å². The summed E-state index contributed by atoms with van der Waals surface area (Å²) in [6.45, 7) is -1.23. The van der Waals surface area contributed by atoms with Crippen molar-refractivity contribution in [3.63, 3.8) is 0 Å². The molecule has 0 amide bonds. The normalized spacial score (nSPS) is 14.9. The lowest BCUT2D eigenvalue weighted by molar-refractivity contribution is -0.136. The number of halogens is 3. The van der Waals surface area contributed by atoms with Crippen LogP contribution >= 0.6 is 11.6 Å². The Morgan fingerprint density at radius 1 is 1.45 bits per heavy atom. The van der Waals surface area contributed by atoms with Crippen LogP contribution in [0.15, 0.2) is 15.8 Å². The largest absolute Gasteiger partial charge is 0.394 e. The van der Waals surface area contributed by atoms with Crippen molar-refractivity contribution in [1.29, 1.82) is 0 Å². The topological polar surface area (TPSA) is 133 Å². The molecule has 0 saturated carbocycles. The van der Waals surface area contributed by atoms with Gasteiger partial charge in [-0.2, -0.15) is 8.78 Å². The molecule has 1 rings (SSSR count). The van der Waals surface area contributed by atoms with Crippen LogP contribution in [-0.2, 0) is 0 Å². The molecule has 0 aromatic carbocycles. The van der Waals surface area contributed by atoms with Crippen molar-refractivity contribution in [3.8, 4) is 0 Å². The van der Waals surface area contributed by atoms with Crippen LogP contribution in [0, 0.1) is 0 Å². The zero-order chi connectivity index (χ0) is 15.7. The molecule has 0 saturated heterocycles. The number of carbonyl (C=O) groups is 1. The van der Waals surface area contributed by atoms with Crippen LogP contribution in [0.5, 0.6) is 0 Å². The van der Waals surface area contributed by atoms with E-state index in [9.17, 15) is 23.2 Å². The van der Waals surface area contributed by atoms with Gasteiger partial charge in [0.15, 0.2) is 6.10 Å². The highest BCUT2D eigenvalue weighted by Gasteiger charge is 2.51. The van der Waals surface area contributed by atoms with E-state index in [0.717, 1.165) is 0 Å². The first-order valence-electron chi connectivity index (χ1n) is 5.04. The number of carbonyl (C=O) groups excluding carboxylic acids is 1. The Bertz CT molecular complexity index is 628. The maximum atomic E-state index is 13.6. The van der Waals surface area contributed by atoms with Gasteiger partial charge in [0.05, 0.1) is 6.61 Å². The zero-order valence-corrected chi connectivity index (χ0v) is 10.3. The van der Waals surface area contributed by atoms with Crippen molar-refractivity contribution in [2.75, 3.05) is 6.61 Å². The van der Waals surface area contributed by atoms with Crippen molar-refractivity contribution < 1.29 is 28.9 Å². The summed E-state index contributed by atoms with van der Waals surface area (Å²) in [6.07, 6.45) is -4.89. The van der Waals surface area contributed by atoms with Gasteiger partial charge in [-0.3, -0.25) is 14.6 Å². The highest BCUT2D eigenvalue weighted by Crippen LogP contribution is 2.23. The first-order chi connectivity index (χ1) is 9.12. The Kier molecular flexibility index (Phi) is 4.76. The summed E-state index contributed by atoms with van der Waals surface area (Å²) in [7, 11) is 0. The van der Waals surface area contributed by atoms with Gasteiger partial charge in [0.1, 0.15) is 11.1 Å².